The first kappa shape index (κ1) is 17.3. The minimum absolute atomic E-state index is 0.910. The van der Waals surface area contributed by atoms with Crippen molar-refractivity contribution >= 4 is 10.8 Å². The molecule has 0 N–H and O–H groups in total. The second-order valence-corrected chi connectivity index (χ2v) is 11.8. The van der Waals surface area contributed by atoms with Crippen molar-refractivity contribution in [2.75, 3.05) is 0 Å². The standard InChI is InChI=1S/C30H36/c1-5-17-13-14-18-6-3-11-23-26(18)25(17)21(9-1)29-22-10-2-7-19-15-16-20-8-4-12-24(30(23)29)28(20)27(19)22/h17-20H,1-16H2. The molecule has 0 saturated carbocycles. The number of benzene rings is 2. The highest BCUT2D eigenvalue weighted by Crippen LogP contribution is 2.58. The Labute approximate surface area is 181 Å². The molecule has 4 atom stereocenters. The normalized spacial score (nSPS) is 33.2. The maximum Gasteiger partial charge on any atom is -0.0108 e. The summed E-state index contributed by atoms with van der Waals surface area (Å²) in [6, 6.07) is 0. The molecule has 0 aromatic heterocycles. The highest BCUT2D eigenvalue weighted by atomic mass is 14.5. The molecule has 8 rings (SSSR count). The third-order valence-corrected chi connectivity index (χ3v) is 10.6. The smallest absolute Gasteiger partial charge is 0.0108 e. The van der Waals surface area contributed by atoms with Gasteiger partial charge >= 0.3 is 0 Å². The molecule has 156 valence electrons. The molecule has 0 amide bonds. The van der Waals surface area contributed by atoms with E-state index in [-0.39, 0.29) is 0 Å². The van der Waals surface area contributed by atoms with E-state index >= 15 is 0 Å². The lowest BCUT2D eigenvalue weighted by molar-refractivity contribution is 0.397. The van der Waals surface area contributed by atoms with Gasteiger partial charge in [0.15, 0.2) is 0 Å². The number of hydrogen-bond donors (Lipinski definition) is 0. The van der Waals surface area contributed by atoms with Gasteiger partial charge in [0, 0.05) is 0 Å². The van der Waals surface area contributed by atoms with Gasteiger partial charge in [0.1, 0.15) is 0 Å². The first-order chi connectivity index (χ1) is 14.9. The molecule has 30 heavy (non-hydrogen) atoms. The van der Waals surface area contributed by atoms with E-state index in [1.165, 1.54) is 103 Å². The van der Waals surface area contributed by atoms with Crippen molar-refractivity contribution in [3.63, 3.8) is 0 Å². The van der Waals surface area contributed by atoms with E-state index in [4.69, 9.17) is 0 Å². The summed E-state index contributed by atoms with van der Waals surface area (Å²) < 4.78 is 0. The molecule has 0 radical (unpaired) electrons. The van der Waals surface area contributed by atoms with Crippen LogP contribution < -0.4 is 0 Å². The molecule has 0 nitrogen and oxygen atoms in total. The lowest BCUT2D eigenvalue weighted by Gasteiger charge is -2.45. The highest BCUT2D eigenvalue weighted by Gasteiger charge is 2.41. The van der Waals surface area contributed by atoms with Gasteiger partial charge in [0.05, 0.1) is 0 Å². The second kappa shape index (κ2) is 6.14. The molecule has 6 aliphatic rings. The Morgan fingerprint density at radius 3 is 0.867 bits per heavy atom. The Kier molecular flexibility index (Phi) is 3.54. The van der Waals surface area contributed by atoms with Crippen molar-refractivity contribution in [2.45, 2.75) is 126 Å². The van der Waals surface area contributed by atoms with Crippen molar-refractivity contribution in [3.05, 3.63) is 44.5 Å². The predicted octanol–water partition coefficient (Wildman–Crippen LogP) is 8.11. The second-order valence-electron chi connectivity index (χ2n) is 11.8. The van der Waals surface area contributed by atoms with E-state index in [0.29, 0.717) is 0 Å². The molecular weight excluding hydrogens is 360 g/mol. The Morgan fingerprint density at radius 2 is 0.600 bits per heavy atom. The number of rotatable bonds is 0. The van der Waals surface area contributed by atoms with E-state index in [9.17, 15) is 0 Å². The van der Waals surface area contributed by atoms with Gasteiger partial charge in [-0.1, -0.05) is 0 Å². The van der Waals surface area contributed by atoms with Crippen LogP contribution in [-0.4, -0.2) is 0 Å². The quantitative estimate of drug-likeness (QED) is 0.422. The SMILES string of the molecule is C1Cc2c3c4c(c5c6c7c8c(c25)CCCC8CCC7CCC6)CCCC4CCC3C1. The molecular formula is C30H36. The summed E-state index contributed by atoms with van der Waals surface area (Å²) in [5.74, 6) is 3.64. The molecule has 0 aliphatic heterocycles. The fraction of sp³-hybridized carbons (Fsp3) is 0.667. The molecule has 6 aliphatic carbocycles. The van der Waals surface area contributed by atoms with Gasteiger partial charge in [-0.2, -0.15) is 0 Å². The third-order valence-electron chi connectivity index (χ3n) is 10.6. The Morgan fingerprint density at radius 1 is 0.333 bits per heavy atom. The first-order valence-corrected chi connectivity index (χ1v) is 13.6. The van der Waals surface area contributed by atoms with Gasteiger partial charge in [-0.25, -0.2) is 0 Å². The predicted molar refractivity (Wildman–Crippen MR) is 125 cm³/mol. The van der Waals surface area contributed by atoms with Gasteiger partial charge in [-0.15, -0.1) is 0 Å². The number of fused-ring (bicyclic) bond motifs is 5. The molecule has 2 aromatic carbocycles. The van der Waals surface area contributed by atoms with Crippen LogP contribution in [0.15, 0.2) is 0 Å². The molecule has 0 saturated heterocycles. The first-order valence-electron chi connectivity index (χ1n) is 13.6. The van der Waals surface area contributed by atoms with Gasteiger partial charge in [-0.05, 0) is 182 Å². The van der Waals surface area contributed by atoms with Crippen LogP contribution in [0.5, 0.6) is 0 Å². The lowest BCUT2D eigenvalue weighted by Crippen LogP contribution is -2.29. The Balaban J connectivity index is 1.59. The average Bonchev–Trinajstić information content (AvgIpc) is 2.81. The number of hydrogen-bond acceptors (Lipinski definition) is 0. The monoisotopic (exact) mass is 396 g/mol. The van der Waals surface area contributed by atoms with Crippen LogP contribution in [0.4, 0.5) is 0 Å². The third kappa shape index (κ3) is 2.05. The van der Waals surface area contributed by atoms with E-state index < -0.39 is 0 Å². The van der Waals surface area contributed by atoms with Crippen LogP contribution in [0.25, 0.3) is 10.8 Å². The minimum atomic E-state index is 0.910. The topological polar surface area (TPSA) is 0 Å². The van der Waals surface area contributed by atoms with Crippen LogP contribution in [0, 0.1) is 0 Å². The molecule has 0 heteroatoms. The molecule has 4 unspecified atom stereocenters. The molecule has 0 fully saturated rings. The zero-order valence-electron chi connectivity index (χ0n) is 18.6. The summed E-state index contributed by atoms with van der Waals surface area (Å²) in [5.41, 5.74) is 15.3. The van der Waals surface area contributed by atoms with E-state index in [1.807, 2.05) is 55.3 Å². The van der Waals surface area contributed by atoms with Crippen molar-refractivity contribution in [1.82, 2.24) is 0 Å². The Bertz CT molecular complexity index is 917. The van der Waals surface area contributed by atoms with Crippen molar-refractivity contribution < 1.29 is 0 Å². The van der Waals surface area contributed by atoms with Crippen molar-refractivity contribution in [2.24, 2.45) is 0 Å². The van der Waals surface area contributed by atoms with Gasteiger partial charge < -0.3 is 0 Å². The maximum atomic E-state index is 1.94. The zero-order chi connectivity index (χ0) is 19.4. The molecule has 0 heterocycles. The largest absolute Gasteiger partial charge is 0.0486 e. The summed E-state index contributed by atoms with van der Waals surface area (Å²) >= 11 is 0. The summed E-state index contributed by atoms with van der Waals surface area (Å²) in [5, 5.41) is 3.74. The average molecular weight is 397 g/mol. The van der Waals surface area contributed by atoms with Crippen LogP contribution >= 0.6 is 0 Å². The lowest BCUT2D eigenvalue weighted by atomic mass is 9.59. The summed E-state index contributed by atoms with van der Waals surface area (Å²) in [7, 11) is 0. The van der Waals surface area contributed by atoms with E-state index in [0.717, 1.165) is 23.7 Å². The van der Waals surface area contributed by atoms with Crippen LogP contribution in [0.3, 0.4) is 0 Å². The van der Waals surface area contributed by atoms with Crippen LogP contribution in [-0.2, 0) is 25.7 Å². The van der Waals surface area contributed by atoms with E-state index in [2.05, 4.69) is 0 Å². The van der Waals surface area contributed by atoms with Crippen molar-refractivity contribution in [3.8, 4) is 0 Å². The summed E-state index contributed by atoms with van der Waals surface area (Å²) in [6.07, 6.45) is 23.3. The molecule has 0 bridgehead atoms. The van der Waals surface area contributed by atoms with Gasteiger partial charge in [0.2, 0.25) is 0 Å². The van der Waals surface area contributed by atoms with Crippen molar-refractivity contribution in [1.29, 1.82) is 0 Å². The fourth-order valence-corrected chi connectivity index (χ4v) is 9.70. The minimum Gasteiger partial charge on any atom is -0.0486 e. The van der Waals surface area contributed by atoms with Crippen LogP contribution in [0.1, 0.15) is 145 Å². The number of aryl methyl sites for hydroxylation is 4. The molecule has 2 aromatic rings. The summed E-state index contributed by atoms with van der Waals surface area (Å²) in [6.45, 7) is 0. The van der Waals surface area contributed by atoms with Gasteiger partial charge in [0.25, 0.3) is 0 Å². The molecule has 0 spiro atoms. The fourth-order valence-electron chi connectivity index (χ4n) is 9.70. The maximum absolute atomic E-state index is 1.94. The van der Waals surface area contributed by atoms with Gasteiger partial charge in [-0.3, -0.25) is 0 Å². The summed E-state index contributed by atoms with van der Waals surface area (Å²) in [4.78, 5) is 0. The van der Waals surface area contributed by atoms with E-state index in [1.54, 1.807) is 0 Å². The van der Waals surface area contributed by atoms with Crippen LogP contribution in [0.2, 0.25) is 0 Å². The highest BCUT2D eigenvalue weighted by molar-refractivity contribution is 5.99. The zero-order valence-corrected chi connectivity index (χ0v) is 18.6. The Hall–Kier alpha value is -1.30.